The third-order valence-electron chi connectivity index (χ3n) is 2.68. The van der Waals surface area contributed by atoms with Crippen molar-refractivity contribution in [1.82, 2.24) is 4.98 Å². The number of aromatic nitrogens is 1. The Labute approximate surface area is 161 Å². The smallest absolute Gasteiger partial charge is 0.469 e. The number of methoxy groups -OCH3 is 1. The van der Waals surface area contributed by atoms with Crippen molar-refractivity contribution in [3.05, 3.63) is 53.9 Å². The summed E-state index contributed by atoms with van der Waals surface area (Å²) in [5, 5.41) is 0. The Morgan fingerprint density at radius 2 is 2.17 bits per heavy atom. The summed E-state index contributed by atoms with van der Waals surface area (Å²) in [4.78, 5) is 21.8. The van der Waals surface area contributed by atoms with Crippen LogP contribution in [0.4, 0.5) is 0 Å². The van der Waals surface area contributed by atoms with Crippen LogP contribution in [0.3, 0.4) is 0 Å². The number of rotatable bonds is 8. The number of nitrogens with zero attached hydrogens (tertiary/aromatic N) is 1. The summed E-state index contributed by atoms with van der Waals surface area (Å²) in [6.45, 7) is 8.75. The van der Waals surface area contributed by atoms with Gasteiger partial charge in [0.1, 0.15) is 0 Å². The first-order chi connectivity index (χ1) is 10.3. The standard InChI is InChI=1S/C15H18NO5P.Y/c1-5-6-11(2)7-8-14-13(10-21-22(17,18)19)9-16-12(3)15(14)20-4;/h8-9H,1-2,6,10H2,3-4H3,(H2,17,18,19);/q-2;. The molecular formula is C15H18NO5PY-2. The molecule has 0 amide bonds. The molecule has 0 aliphatic carbocycles. The molecule has 0 spiro atoms. The van der Waals surface area contributed by atoms with Crippen LogP contribution in [-0.4, -0.2) is 21.9 Å². The van der Waals surface area contributed by atoms with Crippen molar-refractivity contribution in [1.29, 1.82) is 0 Å². The van der Waals surface area contributed by atoms with Crippen LogP contribution in [0.2, 0.25) is 0 Å². The second kappa shape index (κ2) is 10.3. The van der Waals surface area contributed by atoms with E-state index in [2.05, 4.69) is 34.8 Å². The summed E-state index contributed by atoms with van der Waals surface area (Å²) in [6, 6.07) is 0. The van der Waals surface area contributed by atoms with Crippen molar-refractivity contribution in [3.8, 4) is 5.75 Å². The molecule has 1 aromatic rings. The van der Waals surface area contributed by atoms with Crippen LogP contribution in [0, 0.1) is 19.1 Å². The number of hydrogen-bond donors (Lipinski definition) is 2. The predicted octanol–water partition coefficient (Wildman–Crippen LogP) is 2.76. The molecule has 0 fully saturated rings. The van der Waals surface area contributed by atoms with Gasteiger partial charge < -0.3 is 20.6 Å². The Hall–Kier alpha value is -0.616. The van der Waals surface area contributed by atoms with Gasteiger partial charge in [0, 0.05) is 38.9 Å². The van der Waals surface area contributed by atoms with Crippen molar-refractivity contribution in [2.75, 3.05) is 7.11 Å². The molecular weight excluding hydrogens is 394 g/mol. The van der Waals surface area contributed by atoms with Gasteiger partial charge in [-0.15, -0.1) is 0 Å². The van der Waals surface area contributed by atoms with Crippen LogP contribution in [0.25, 0.3) is 6.08 Å². The number of phosphoric ester groups is 1. The molecule has 2 N–H and O–H groups in total. The second-order valence-electron chi connectivity index (χ2n) is 4.40. The molecule has 0 aromatic carbocycles. The van der Waals surface area contributed by atoms with Crippen LogP contribution in [-0.2, 0) is 48.4 Å². The van der Waals surface area contributed by atoms with Crippen molar-refractivity contribution < 1.29 is 56.3 Å². The number of pyridine rings is 1. The van der Waals surface area contributed by atoms with E-state index in [-0.39, 0.29) is 39.3 Å². The molecule has 0 atom stereocenters. The molecule has 6 nitrogen and oxygen atoms in total. The zero-order valence-corrected chi connectivity index (χ0v) is 16.8. The average molecular weight is 412 g/mol. The van der Waals surface area contributed by atoms with Gasteiger partial charge in [-0.3, -0.25) is 16.1 Å². The molecule has 1 rings (SSSR count). The zero-order chi connectivity index (χ0) is 16.8. The van der Waals surface area contributed by atoms with Crippen molar-refractivity contribution in [2.24, 2.45) is 0 Å². The maximum atomic E-state index is 10.9. The third-order valence-corrected chi connectivity index (χ3v) is 3.15. The van der Waals surface area contributed by atoms with E-state index in [9.17, 15) is 4.57 Å². The van der Waals surface area contributed by atoms with E-state index in [0.29, 0.717) is 34.6 Å². The predicted molar refractivity (Wildman–Crippen MR) is 82.7 cm³/mol. The molecule has 1 heterocycles. The summed E-state index contributed by atoms with van der Waals surface area (Å²) in [7, 11) is -3.09. The maximum absolute atomic E-state index is 10.9. The number of hydrogen-bond acceptors (Lipinski definition) is 4. The van der Waals surface area contributed by atoms with Gasteiger partial charge in [0.05, 0.1) is 25.2 Å². The van der Waals surface area contributed by atoms with Gasteiger partial charge in [-0.25, -0.2) is 4.57 Å². The van der Waals surface area contributed by atoms with E-state index in [4.69, 9.17) is 14.5 Å². The van der Waals surface area contributed by atoms with Gasteiger partial charge in [0.15, 0.2) is 0 Å². The van der Waals surface area contributed by atoms with E-state index < -0.39 is 7.82 Å². The first-order valence-electron chi connectivity index (χ1n) is 6.28. The summed E-state index contributed by atoms with van der Waals surface area (Å²) in [5.74, 6) is 0.481. The van der Waals surface area contributed by atoms with Gasteiger partial charge >= 0.3 is 7.82 Å². The minimum Gasteiger partial charge on any atom is -0.507 e. The van der Waals surface area contributed by atoms with Crippen molar-refractivity contribution in [2.45, 2.75) is 20.0 Å². The van der Waals surface area contributed by atoms with Gasteiger partial charge in [-0.1, -0.05) is 5.56 Å². The first kappa shape index (κ1) is 22.4. The quantitative estimate of drug-likeness (QED) is 0.388. The molecule has 123 valence electrons. The Morgan fingerprint density at radius 1 is 1.52 bits per heavy atom. The van der Waals surface area contributed by atoms with E-state index in [1.807, 2.05) is 0 Å². The summed E-state index contributed by atoms with van der Waals surface area (Å²) in [5.41, 5.74) is 2.34. The fraction of sp³-hybridized carbons (Fsp3) is 0.267. The number of aryl methyl sites for hydroxylation is 1. The van der Waals surface area contributed by atoms with Gasteiger partial charge in [-0.2, -0.15) is 30.7 Å². The van der Waals surface area contributed by atoms with E-state index in [0.717, 1.165) is 0 Å². The maximum Gasteiger partial charge on any atom is 0.469 e. The molecule has 0 aliphatic heterocycles. The molecule has 1 aromatic heterocycles. The molecule has 1 radical (unpaired) electrons. The van der Waals surface area contributed by atoms with Crippen molar-refractivity contribution in [3.63, 3.8) is 0 Å². The van der Waals surface area contributed by atoms with Gasteiger partial charge in [-0.05, 0) is 12.5 Å². The molecule has 0 saturated carbocycles. The first-order valence-corrected chi connectivity index (χ1v) is 7.81. The minimum absolute atomic E-state index is 0. The van der Waals surface area contributed by atoms with Crippen LogP contribution < -0.4 is 4.74 Å². The molecule has 0 bridgehead atoms. The topological polar surface area (TPSA) is 88.9 Å². The Kier molecular flexibility index (Phi) is 10.0. The summed E-state index contributed by atoms with van der Waals surface area (Å²) >= 11 is 0. The number of allylic oxidation sites excluding steroid dienone is 3. The second-order valence-corrected chi connectivity index (χ2v) is 5.64. The largest absolute Gasteiger partial charge is 0.507 e. The SMILES string of the molecule is C=[C-]CC(=C)[C-]=Cc1c(COP(=O)(O)O)cnc(C)c1OC.[Y]. The normalized spacial score (nSPS) is 11.1. The fourth-order valence-corrected chi connectivity index (χ4v) is 2.01. The van der Waals surface area contributed by atoms with E-state index in [1.165, 1.54) is 13.3 Å². The minimum atomic E-state index is -4.57. The monoisotopic (exact) mass is 412 g/mol. The van der Waals surface area contributed by atoms with E-state index in [1.54, 1.807) is 13.0 Å². The molecule has 23 heavy (non-hydrogen) atoms. The Balaban J connectivity index is 0.00000484. The number of ether oxygens (including phenoxy) is 1. The molecule has 0 saturated heterocycles. The molecule has 0 aliphatic rings. The van der Waals surface area contributed by atoms with Gasteiger partial charge in [0.2, 0.25) is 0 Å². The molecule has 0 unspecified atom stereocenters. The Morgan fingerprint density at radius 3 is 2.70 bits per heavy atom. The zero-order valence-electron chi connectivity index (χ0n) is 13.1. The summed E-state index contributed by atoms with van der Waals surface area (Å²) in [6.07, 6.45) is 9.21. The fourth-order valence-electron chi connectivity index (χ4n) is 1.70. The van der Waals surface area contributed by atoms with Crippen LogP contribution in [0.15, 0.2) is 24.9 Å². The van der Waals surface area contributed by atoms with Crippen LogP contribution in [0.1, 0.15) is 23.2 Å². The number of phosphoric acid groups is 1. The third kappa shape index (κ3) is 7.66. The van der Waals surface area contributed by atoms with Crippen molar-refractivity contribution >= 4 is 13.9 Å². The van der Waals surface area contributed by atoms with Crippen LogP contribution >= 0.6 is 7.82 Å². The van der Waals surface area contributed by atoms with Gasteiger partial charge in [0.25, 0.3) is 0 Å². The average Bonchev–Trinajstić information content (AvgIpc) is 2.43. The Bertz CT molecular complexity index is 639. The molecule has 8 heteroatoms. The summed E-state index contributed by atoms with van der Waals surface area (Å²) < 4.78 is 20.7. The van der Waals surface area contributed by atoms with E-state index >= 15 is 0 Å². The van der Waals surface area contributed by atoms with Crippen LogP contribution in [0.5, 0.6) is 5.75 Å².